The minimum Gasteiger partial charge on any atom is -0.108 e. The molecule has 0 nitrogen and oxygen atoms in total. The van der Waals surface area contributed by atoms with Crippen molar-refractivity contribution in [1.29, 1.82) is 0 Å². The van der Waals surface area contributed by atoms with Crippen LogP contribution in [0.25, 0.3) is 10.8 Å². The Morgan fingerprint density at radius 3 is 2.29 bits per heavy atom. The lowest BCUT2D eigenvalue weighted by molar-refractivity contribution is 0.809. The van der Waals surface area contributed by atoms with E-state index < -0.39 is 0 Å². The molecule has 0 saturated heterocycles. The lowest BCUT2D eigenvalue weighted by Gasteiger charge is -2.18. The quantitative estimate of drug-likeness (QED) is 0.658. The molecule has 17 heavy (non-hydrogen) atoms. The third kappa shape index (κ3) is 3.30. The molecule has 0 N–H and O–H groups in total. The van der Waals surface area contributed by atoms with Crippen LogP contribution in [0.5, 0.6) is 0 Å². The van der Waals surface area contributed by atoms with Gasteiger partial charge in [-0.2, -0.15) is 0 Å². The van der Waals surface area contributed by atoms with Gasteiger partial charge in [0, 0.05) is 4.75 Å². The van der Waals surface area contributed by atoms with Gasteiger partial charge in [-0.25, -0.2) is 0 Å². The van der Waals surface area contributed by atoms with Crippen molar-refractivity contribution in [2.24, 2.45) is 0 Å². The molecular weight excluding hydrogens is 244 g/mol. The van der Waals surface area contributed by atoms with Gasteiger partial charge >= 0.3 is 0 Å². The molecule has 88 valence electrons. The van der Waals surface area contributed by atoms with Crippen LogP contribution in [-0.2, 0) is 0 Å². The van der Waals surface area contributed by atoms with E-state index in [4.69, 9.17) is 12.2 Å². The molecule has 0 bridgehead atoms. The maximum Gasteiger partial charge on any atom is 0.0783 e. The fourth-order valence-electron chi connectivity index (χ4n) is 1.65. The van der Waals surface area contributed by atoms with E-state index in [0.29, 0.717) is 0 Å². The van der Waals surface area contributed by atoms with Crippen molar-refractivity contribution < 1.29 is 0 Å². The third-order valence-corrected chi connectivity index (χ3v) is 3.90. The van der Waals surface area contributed by atoms with Crippen LogP contribution in [0.1, 0.15) is 26.3 Å². The highest BCUT2D eigenvalue weighted by molar-refractivity contribution is 8.24. The predicted molar refractivity (Wildman–Crippen MR) is 83.0 cm³/mol. The zero-order chi connectivity index (χ0) is 12.5. The normalized spacial score (nSPS) is 11.7. The van der Waals surface area contributed by atoms with Gasteiger partial charge in [-0.3, -0.25) is 0 Å². The lowest BCUT2D eigenvalue weighted by atomic mass is 10.1. The fourth-order valence-corrected chi connectivity index (χ4v) is 3.33. The van der Waals surface area contributed by atoms with Gasteiger partial charge in [-0.15, -0.1) is 11.8 Å². The van der Waals surface area contributed by atoms with E-state index in [-0.39, 0.29) is 4.75 Å². The molecule has 2 rings (SSSR count). The summed E-state index contributed by atoms with van der Waals surface area (Å²) in [4.78, 5) is 0. The van der Waals surface area contributed by atoms with E-state index in [0.717, 1.165) is 9.76 Å². The molecule has 0 aliphatic rings. The van der Waals surface area contributed by atoms with Crippen LogP contribution in [0.4, 0.5) is 0 Å². The average Bonchev–Trinajstić information content (AvgIpc) is 2.26. The number of hydrogen-bond donors (Lipinski definition) is 0. The SMILES string of the molecule is CC(C)(C)SC(=S)c1ccc2ccccc2c1. The molecule has 0 aromatic heterocycles. The van der Waals surface area contributed by atoms with E-state index in [1.807, 2.05) is 0 Å². The Balaban J connectivity index is 2.33. The number of rotatable bonds is 1. The Kier molecular flexibility index (Phi) is 3.55. The van der Waals surface area contributed by atoms with Gasteiger partial charge in [0.1, 0.15) is 0 Å². The number of thioether (sulfide) groups is 1. The van der Waals surface area contributed by atoms with Crippen LogP contribution < -0.4 is 0 Å². The van der Waals surface area contributed by atoms with Crippen LogP contribution >= 0.6 is 24.0 Å². The Hall–Kier alpha value is -0.860. The van der Waals surface area contributed by atoms with Crippen LogP contribution in [-0.4, -0.2) is 8.94 Å². The second-order valence-electron chi connectivity index (χ2n) is 5.06. The van der Waals surface area contributed by atoms with Crippen molar-refractivity contribution in [2.45, 2.75) is 25.5 Å². The average molecular weight is 260 g/mol. The summed E-state index contributed by atoms with van der Waals surface area (Å²) in [6, 6.07) is 14.8. The first-order chi connectivity index (χ1) is 7.96. The molecule has 0 heterocycles. The summed E-state index contributed by atoms with van der Waals surface area (Å²) < 4.78 is 1.14. The van der Waals surface area contributed by atoms with E-state index in [1.165, 1.54) is 10.8 Å². The van der Waals surface area contributed by atoms with Crippen molar-refractivity contribution in [3.05, 3.63) is 48.0 Å². The van der Waals surface area contributed by atoms with Crippen molar-refractivity contribution >= 4 is 38.9 Å². The van der Waals surface area contributed by atoms with Crippen LogP contribution in [0, 0.1) is 0 Å². The van der Waals surface area contributed by atoms with E-state index in [1.54, 1.807) is 11.8 Å². The molecule has 2 heteroatoms. The second kappa shape index (κ2) is 4.79. The highest BCUT2D eigenvalue weighted by Gasteiger charge is 2.15. The van der Waals surface area contributed by atoms with E-state index in [2.05, 4.69) is 63.2 Å². The fraction of sp³-hybridized carbons (Fsp3) is 0.267. The van der Waals surface area contributed by atoms with Crippen LogP contribution in [0.15, 0.2) is 42.5 Å². The Morgan fingerprint density at radius 1 is 1.00 bits per heavy atom. The molecule has 0 atom stereocenters. The molecular formula is C15H16S2. The molecule has 0 spiro atoms. The van der Waals surface area contributed by atoms with Gasteiger partial charge in [-0.1, -0.05) is 69.4 Å². The molecule has 0 fully saturated rings. The second-order valence-corrected chi connectivity index (χ2v) is 7.57. The summed E-state index contributed by atoms with van der Waals surface area (Å²) in [5, 5.41) is 2.52. The summed E-state index contributed by atoms with van der Waals surface area (Å²) in [5.74, 6) is 0. The van der Waals surface area contributed by atoms with Gasteiger partial charge in [0.25, 0.3) is 0 Å². The number of benzene rings is 2. The van der Waals surface area contributed by atoms with E-state index >= 15 is 0 Å². The predicted octanol–water partition coefficient (Wildman–Crippen LogP) is 5.05. The highest BCUT2D eigenvalue weighted by Crippen LogP contribution is 2.29. The molecule has 0 unspecified atom stereocenters. The van der Waals surface area contributed by atoms with Gasteiger partial charge in [0.15, 0.2) is 0 Å². The maximum atomic E-state index is 5.49. The molecule has 0 saturated carbocycles. The van der Waals surface area contributed by atoms with Crippen molar-refractivity contribution in [1.82, 2.24) is 0 Å². The zero-order valence-electron chi connectivity index (χ0n) is 10.4. The number of hydrogen-bond acceptors (Lipinski definition) is 2. The first kappa shape index (κ1) is 12.6. The first-order valence-corrected chi connectivity index (χ1v) is 6.90. The van der Waals surface area contributed by atoms with Crippen molar-refractivity contribution in [2.75, 3.05) is 0 Å². The summed E-state index contributed by atoms with van der Waals surface area (Å²) in [6.07, 6.45) is 0. The lowest BCUT2D eigenvalue weighted by Crippen LogP contribution is -2.11. The summed E-state index contributed by atoms with van der Waals surface area (Å²) >= 11 is 7.24. The first-order valence-electron chi connectivity index (χ1n) is 5.68. The van der Waals surface area contributed by atoms with Gasteiger partial charge < -0.3 is 0 Å². The van der Waals surface area contributed by atoms with Gasteiger partial charge in [0.2, 0.25) is 0 Å². The van der Waals surface area contributed by atoms with E-state index in [9.17, 15) is 0 Å². The summed E-state index contributed by atoms with van der Waals surface area (Å²) in [6.45, 7) is 6.56. The number of fused-ring (bicyclic) bond motifs is 1. The summed E-state index contributed by atoms with van der Waals surface area (Å²) in [7, 11) is 0. The summed E-state index contributed by atoms with van der Waals surface area (Å²) in [5.41, 5.74) is 1.15. The molecule has 0 aliphatic carbocycles. The zero-order valence-corrected chi connectivity index (χ0v) is 12.0. The van der Waals surface area contributed by atoms with Gasteiger partial charge in [-0.05, 0) is 22.4 Å². The molecule has 0 aliphatic heterocycles. The third-order valence-electron chi connectivity index (χ3n) is 2.38. The topological polar surface area (TPSA) is 0 Å². The van der Waals surface area contributed by atoms with Crippen LogP contribution in [0.3, 0.4) is 0 Å². The highest BCUT2D eigenvalue weighted by atomic mass is 32.2. The smallest absolute Gasteiger partial charge is 0.0783 e. The monoisotopic (exact) mass is 260 g/mol. The molecule has 0 amide bonds. The number of thiocarbonyl (C=S) groups is 1. The molecule has 0 radical (unpaired) electrons. The Labute approximate surface area is 112 Å². The minimum atomic E-state index is 0.169. The molecule has 2 aromatic rings. The largest absolute Gasteiger partial charge is 0.108 e. The minimum absolute atomic E-state index is 0.169. The van der Waals surface area contributed by atoms with Crippen molar-refractivity contribution in [3.8, 4) is 0 Å². The van der Waals surface area contributed by atoms with Gasteiger partial charge in [0.05, 0.1) is 4.20 Å². The Bertz CT molecular complexity index is 550. The van der Waals surface area contributed by atoms with Crippen molar-refractivity contribution in [3.63, 3.8) is 0 Å². The Morgan fingerprint density at radius 2 is 1.65 bits per heavy atom. The maximum absolute atomic E-state index is 5.49. The molecule has 2 aromatic carbocycles. The standard InChI is InChI=1S/C15H16S2/c1-15(2,3)17-14(16)13-9-8-11-6-4-5-7-12(11)10-13/h4-10H,1-3H3. The van der Waals surface area contributed by atoms with Crippen LogP contribution in [0.2, 0.25) is 0 Å².